The van der Waals surface area contributed by atoms with E-state index in [0.29, 0.717) is 6.54 Å². The van der Waals surface area contributed by atoms with E-state index in [1.54, 1.807) is 12.3 Å². The molecule has 1 unspecified atom stereocenters. The summed E-state index contributed by atoms with van der Waals surface area (Å²) in [6.07, 6.45) is 1.62. The van der Waals surface area contributed by atoms with E-state index in [1.165, 1.54) is 0 Å². The van der Waals surface area contributed by atoms with E-state index in [0.717, 1.165) is 11.3 Å². The van der Waals surface area contributed by atoms with Crippen molar-refractivity contribution >= 4 is 6.03 Å². The molecule has 1 atom stereocenters. The van der Waals surface area contributed by atoms with Crippen LogP contribution < -0.4 is 10.6 Å². The zero-order valence-corrected chi connectivity index (χ0v) is 10.3. The fraction of sp³-hybridized carbons (Fsp3) is 0.231. The summed E-state index contributed by atoms with van der Waals surface area (Å²) in [5.41, 5.74) is 1.68. The molecule has 0 saturated carbocycles. The lowest BCUT2D eigenvalue weighted by atomic mass is 10.1. The number of hydrogen-bond acceptors (Lipinski definition) is 3. The Morgan fingerprint density at radius 1 is 1.32 bits per heavy atom. The molecule has 19 heavy (non-hydrogen) atoms. The monoisotopic (exact) mass is 260 g/mol. The minimum atomic E-state index is -0.414. The van der Waals surface area contributed by atoms with Crippen molar-refractivity contribution in [2.24, 2.45) is 0 Å². The summed E-state index contributed by atoms with van der Waals surface area (Å²) in [7, 11) is 0. The SMILES string of the molecule is O=C(NCc1ccn[nH]1)NC(CO)c1ccccc1. The fourth-order valence-electron chi connectivity index (χ4n) is 1.69. The smallest absolute Gasteiger partial charge is 0.315 e. The zero-order chi connectivity index (χ0) is 13.5. The Morgan fingerprint density at radius 2 is 2.11 bits per heavy atom. The van der Waals surface area contributed by atoms with Crippen LogP contribution in [0.25, 0.3) is 0 Å². The summed E-state index contributed by atoms with van der Waals surface area (Å²) >= 11 is 0. The third kappa shape index (κ3) is 3.82. The molecule has 4 N–H and O–H groups in total. The van der Waals surface area contributed by atoms with E-state index in [2.05, 4.69) is 20.8 Å². The van der Waals surface area contributed by atoms with Gasteiger partial charge in [-0.2, -0.15) is 5.10 Å². The molecule has 0 aliphatic carbocycles. The lowest BCUT2D eigenvalue weighted by Crippen LogP contribution is -2.38. The molecule has 0 radical (unpaired) electrons. The molecular formula is C13H16N4O2. The summed E-state index contributed by atoms with van der Waals surface area (Å²) in [4.78, 5) is 11.7. The fourth-order valence-corrected chi connectivity index (χ4v) is 1.69. The van der Waals surface area contributed by atoms with Crippen LogP contribution in [0.2, 0.25) is 0 Å². The summed E-state index contributed by atoms with van der Waals surface area (Å²) in [5, 5.41) is 21.3. The van der Waals surface area contributed by atoms with Crippen LogP contribution in [0, 0.1) is 0 Å². The van der Waals surface area contributed by atoms with Crippen molar-refractivity contribution in [1.29, 1.82) is 0 Å². The Bertz CT molecular complexity index is 499. The zero-order valence-electron chi connectivity index (χ0n) is 10.3. The van der Waals surface area contributed by atoms with E-state index < -0.39 is 6.04 Å². The van der Waals surface area contributed by atoms with E-state index in [1.807, 2.05) is 30.3 Å². The molecule has 2 aromatic rings. The lowest BCUT2D eigenvalue weighted by Gasteiger charge is -2.17. The van der Waals surface area contributed by atoms with Gasteiger partial charge in [0.05, 0.1) is 24.9 Å². The quantitative estimate of drug-likeness (QED) is 0.645. The number of aliphatic hydroxyl groups excluding tert-OH is 1. The topological polar surface area (TPSA) is 90.0 Å². The van der Waals surface area contributed by atoms with Crippen molar-refractivity contribution in [2.75, 3.05) is 6.61 Å². The van der Waals surface area contributed by atoms with Gasteiger partial charge in [-0.1, -0.05) is 30.3 Å². The second-order valence-corrected chi connectivity index (χ2v) is 4.05. The summed E-state index contributed by atoms with van der Waals surface area (Å²) in [6, 6.07) is 10.4. The molecule has 0 aliphatic heterocycles. The average molecular weight is 260 g/mol. The number of amides is 2. The molecule has 0 saturated heterocycles. The number of nitrogens with one attached hydrogen (secondary N) is 3. The standard InChI is InChI=1S/C13H16N4O2/c18-9-12(10-4-2-1-3-5-10)16-13(19)14-8-11-6-7-15-17-11/h1-7,12,18H,8-9H2,(H,15,17)(H2,14,16,19). The Labute approximate surface area is 110 Å². The molecule has 100 valence electrons. The lowest BCUT2D eigenvalue weighted by molar-refractivity contribution is 0.216. The van der Waals surface area contributed by atoms with E-state index >= 15 is 0 Å². The van der Waals surface area contributed by atoms with Crippen LogP contribution in [0.3, 0.4) is 0 Å². The van der Waals surface area contributed by atoms with Gasteiger partial charge in [-0.3, -0.25) is 5.10 Å². The number of rotatable bonds is 5. The minimum Gasteiger partial charge on any atom is -0.394 e. The first kappa shape index (κ1) is 13.1. The van der Waals surface area contributed by atoms with Crippen molar-refractivity contribution in [1.82, 2.24) is 20.8 Å². The first-order valence-electron chi connectivity index (χ1n) is 5.98. The second kappa shape index (κ2) is 6.55. The van der Waals surface area contributed by atoms with Crippen molar-refractivity contribution < 1.29 is 9.90 Å². The first-order valence-corrected chi connectivity index (χ1v) is 5.98. The Balaban J connectivity index is 1.86. The normalized spacial score (nSPS) is 11.8. The summed E-state index contributed by atoms with van der Waals surface area (Å²) < 4.78 is 0. The van der Waals surface area contributed by atoms with Crippen LogP contribution >= 0.6 is 0 Å². The van der Waals surface area contributed by atoms with Gasteiger partial charge >= 0.3 is 6.03 Å². The van der Waals surface area contributed by atoms with Gasteiger partial charge in [0.15, 0.2) is 0 Å². The van der Waals surface area contributed by atoms with E-state index in [9.17, 15) is 9.90 Å². The van der Waals surface area contributed by atoms with Crippen LogP contribution in [-0.4, -0.2) is 27.9 Å². The molecule has 0 spiro atoms. The predicted octanol–water partition coefficient (Wildman–Crippen LogP) is 0.942. The molecular weight excluding hydrogens is 244 g/mol. The largest absolute Gasteiger partial charge is 0.394 e. The molecule has 0 bridgehead atoms. The molecule has 1 aromatic carbocycles. The molecule has 6 nitrogen and oxygen atoms in total. The van der Waals surface area contributed by atoms with Crippen molar-refractivity contribution in [3.05, 3.63) is 53.9 Å². The number of H-pyrrole nitrogens is 1. The number of urea groups is 1. The molecule has 0 fully saturated rings. The maximum atomic E-state index is 11.7. The first-order chi connectivity index (χ1) is 9.29. The van der Waals surface area contributed by atoms with Gasteiger partial charge in [0.1, 0.15) is 0 Å². The van der Waals surface area contributed by atoms with Gasteiger partial charge in [0, 0.05) is 6.20 Å². The average Bonchev–Trinajstić information content (AvgIpc) is 2.97. The number of nitrogens with zero attached hydrogens (tertiary/aromatic N) is 1. The van der Waals surface area contributed by atoms with Crippen LogP contribution in [0.15, 0.2) is 42.6 Å². The third-order valence-electron chi connectivity index (χ3n) is 2.69. The molecule has 1 heterocycles. The molecule has 2 amide bonds. The van der Waals surface area contributed by atoms with Gasteiger partial charge in [0.2, 0.25) is 0 Å². The van der Waals surface area contributed by atoms with Crippen LogP contribution in [-0.2, 0) is 6.54 Å². The van der Waals surface area contributed by atoms with Gasteiger partial charge in [-0.25, -0.2) is 4.79 Å². The van der Waals surface area contributed by atoms with Crippen LogP contribution in [0.4, 0.5) is 4.79 Å². The molecule has 0 aliphatic rings. The Hall–Kier alpha value is -2.34. The maximum absolute atomic E-state index is 11.7. The van der Waals surface area contributed by atoms with Gasteiger partial charge < -0.3 is 15.7 Å². The molecule has 6 heteroatoms. The highest BCUT2D eigenvalue weighted by atomic mass is 16.3. The maximum Gasteiger partial charge on any atom is 0.315 e. The van der Waals surface area contributed by atoms with Crippen molar-refractivity contribution in [3.63, 3.8) is 0 Å². The Kier molecular flexibility index (Phi) is 4.52. The molecule has 1 aromatic heterocycles. The number of hydrogen-bond donors (Lipinski definition) is 4. The predicted molar refractivity (Wildman–Crippen MR) is 70.2 cm³/mol. The number of carbonyl (C=O) groups is 1. The van der Waals surface area contributed by atoms with Crippen LogP contribution in [0.1, 0.15) is 17.3 Å². The van der Waals surface area contributed by atoms with Gasteiger partial charge in [0.25, 0.3) is 0 Å². The number of carbonyl (C=O) groups excluding carboxylic acids is 1. The number of aromatic amines is 1. The van der Waals surface area contributed by atoms with Gasteiger partial charge in [-0.05, 0) is 11.6 Å². The number of aliphatic hydroxyl groups is 1. The number of benzene rings is 1. The third-order valence-corrected chi connectivity index (χ3v) is 2.69. The summed E-state index contributed by atoms with van der Waals surface area (Å²) in [5.74, 6) is 0. The van der Waals surface area contributed by atoms with Crippen molar-refractivity contribution in [3.8, 4) is 0 Å². The second-order valence-electron chi connectivity index (χ2n) is 4.05. The highest BCUT2D eigenvalue weighted by molar-refractivity contribution is 5.74. The summed E-state index contributed by atoms with van der Waals surface area (Å²) in [6.45, 7) is 0.209. The van der Waals surface area contributed by atoms with Crippen LogP contribution in [0.5, 0.6) is 0 Å². The van der Waals surface area contributed by atoms with E-state index in [-0.39, 0.29) is 12.6 Å². The molecule has 2 rings (SSSR count). The van der Waals surface area contributed by atoms with E-state index in [4.69, 9.17) is 0 Å². The highest BCUT2D eigenvalue weighted by Gasteiger charge is 2.12. The minimum absolute atomic E-state index is 0.151. The van der Waals surface area contributed by atoms with Gasteiger partial charge in [-0.15, -0.1) is 0 Å². The highest BCUT2D eigenvalue weighted by Crippen LogP contribution is 2.11. The van der Waals surface area contributed by atoms with Crippen molar-refractivity contribution in [2.45, 2.75) is 12.6 Å². The number of aromatic nitrogens is 2. The Morgan fingerprint density at radius 3 is 2.74 bits per heavy atom.